The second-order valence-corrected chi connectivity index (χ2v) is 3.46. The molecule has 102 valence electrons. The third-order valence-corrected chi connectivity index (χ3v) is 2.34. The van der Waals surface area contributed by atoms with Gasteiger partial charge in [-0.25, -0.2) is 0 Å². The Hall–Kier alpha value is -2.92. The number of nitro groups is 2. The molecule has 19 heavy (non-hydrogen) atoms. The van der Waals surface area contributed by atoms with E-state index in [1.54, 1.807) is 0 Å². The SMILES string of the molecule is Nc1cnnnc1C(CCC(=O)O)([N+](=O)[O-])[N+](=O)[O-]. The van der Waals surface area contributed by atoms with Gasteiger partial charge in [-0.05, 0) is 5.21 Å². The predicted octanol–water partition coefficient (Wildman–Crippen LogP) is -0.975. The number of nitrogens with zero attached hydrogens (tertiary/aromatic N) is 5. The zero-order valence-corrected chi connectivity index (χ0v) is 9.29. The normalized spacial score (nSPS) is 10.9. The van der Waals surface area contributed by atoms with Crippen LogP contribution in [0.4, 0.5) is 5.69 Å². The fourth-order valence-electron chi connectivity index (χ4n) is 1.41. The highest BCUT2D eigenvalue weighted by Crippen LogP contribution is 2.32. The molecule has 0 unspecified atom stereocenters. The van der Waals surface area contributed by atoms with Gasteiger partial charge in [-0.2, -0.15) is 0 Å². The number of carboxylic acids is 1. The van der Waals surface area contributed by atoms with Crippen molar-refractivity contribution in [3.05, 3.63) is 32.1 Å². The summed E-state index contributed by atoms with van der Waals surface area (Å²) in [7, 11) is 0. The lowest BCUT2D eigenvalue weighted by atomic mass is 10.00. The molecule has 0 atom stereocenters. The van der Waals surface area contributed by atoms with Gasteiger partial charge in [-0.1, -0.05) is 0 Å². The summed E-state index contributed by atoms with van der Waals surface area (Å²) < 4.78 is 0. The van der Waals surface area contributed by atoms with Crippen LogP contribution in [0, 0.1) is 20.2 Å². The van der Waals surface area contributed by atoms with Gasteiger partial charge in [0.25, 0.3) is 0 Å². The summed E-state index contributed by atoms with van der Waals surface area (Å²) in [6.45, 7) is 0. The molecular formula is C7H8N6O6. The van der Waals surface area contributed by atoms with Crippen LogP contribution in [0.5, 0.6) is 0 Å². The molecule has 0 saturated heterocycles. The van der Waals surface area contributed by atoms with Gasteiger partial charge in [0.1, 0.15) is 16.3 Å². The summed E-state index contributed by atoms with van der Waals surface area (Å²) >= 11 is 0. The van der Waals surface area contributed by atoms with E-state index < -0.39 is 45.7 Å². The van der Waals surface area contributed by atoms with E-state index >= 15 is 0 Å². The minimum atomic E-state index is -2.96. The van der Waals surface area contributed by atoms with Crippen LogP contribution in [0.15, 0.2) is 6.20 Å². The highest BCUT2D eigenvalue weighted by molar-refractivity contribution is 5.66. The van der Waals surface area contributed by atoms with Gasteiger partial charge in [-0.15, -0.1) is 10.2 Å². The van der Waals surface area contributed by atoms with Crippen molar-refractivity contribution in [1.82, 2.24) is 15.4 Å². The number of nitrogen functional groups attached to an aromatic ring is 1. The molecule has 0 aromatic carbocycles. The molecule has 1 aromatic heterocycles. The Balaban J connectivity index is 3.40. The van der Waals surface area contributed by atoms with Crippen LogP contribution in [-0.2, 0) is 10.5 Å². The fourth-order valence-corrected chi connectivity index (χ4v) is 1.41. The smallest absolute Gasteiger partial charge is 0.481 e. The largest absolute Gasteiger partial charge is 0.505 e. The quantitative estimate of drug-likeness (QED) is 0.370. The third-order valence-electron chi connectivity index (χ3n) is 2.34. The van der Waals surface area contributed by atoms with Crippen LogP contribution in [-0.4, -0.2) is 36.3 Å². The van der Waals surface area contributed by atoms with Gasteiger partial charge < -0.3 is 10.8 Å². The molecular weight excluding hydrogens is 264 g/mol. The number of aliphatic carboxylic acids is 1. The summed E-state index contributed by atoms with van der Waals surface area (Å²) in [5, 5.41) is 40.1. The van der Waals surface area contributed by atoms with Crippen molar-refractivity contribution in [2.75, 3.05) is 5.73 Å². The molecule has 0 bridgehead atoms. The Morgan fingerprint density at radius 2 is 2.00 bits per heavy atom. The van der Waals surface area contributed by atoms with Crippen molar-refractivity contribution in [3.8, 4) is 0 Å². The van der Waals surface area contributed by atoms with E-state index in [1.165, 1.54) is 0 Å². The second-order valence-electron chi connectivity index (χ2n) is 3.46. The molecule has 0 radical (unpaired) electrons. The molecule has 3 N–H and O–H groups in total. The van der Waals surface area contributed by atoms with Gasteiger partial charge in [0, 0.05) is 0 Å². The maximum absolute atomic E-state index is 11.1. The molecule has 0 amide bonds. The summed E-state index contributed by atoms with van der Waals surface area (Å²) in [5.74, 6) is -1.42. The van der Waals surface area contributed by atoms with Crippen LogP contribution < -0.4 is 5.73 Å². The first-order valence-corrected chi connectivity index (χ1v) is 4.77. The lowest BCUT2D eigenvalue weighted by Gasteiger charge is -2.16. The number of aromatic nitrogens is 3. The zero-order valence-electron chi connectivity index (χ0n) is 9.29. The highest BCUT2D eigenvalue weighted by Gasteiger charge is 2.61. The van der Waals surface area contributed by atoms with E-state index in [1.807, 2.05) is 0 Å². The monoisotopic (exact) mass is 272 g/mol. The Labute approximate surface area is 104 Å². The van der Waals surface area contributed by atoms with E-state index in [9.17, 15) is 25.0 Å². The number of carboxylic acid groups (broad SMARTS) is 1. The van der Waals surface area contributed by atoms with Crippen molar-refractivity contribution in [3.63, 3.8) is 0 Å². The molecule has 1 aromatic rings. The van der Waals surface area contributed by atoms with Crippen molar-refractivity contribution >= 4 is 11.7 Å². The van der Waals surface area contributed by atoms with Crippen molar-refractivity contribution in [2.45, 2.75) is 18.5 Å². The van der Waals surface area contributed by atoms with Crippen LogP contribution in [0.3, 0.4) is 0 Å². The van der Waals surface area contributed by atoms with Crippen LogP contribution in [0.2, 0.25) is 0 Å². The van der Waals surface area contributed by atoms with E-state index in [-0.39, 0.29) is 0 Å². The van der Waals surface area contributed by atoms with Gasteiger partial charge in [0.05, 0.1) is 18.3 Å². The standard InChI is InChI=1S/C7H8N6O6/c8-4-3-9-11-10-6(4)7(12(16)17,13(18)19)2-1-5(14)15/h3H,1-2H2,(H2,8,11)(H,14,15). The maximum atomic E-state index is 11.1. The topological polar surface area (TPSA) is 188 Å². The average Bonchev–Trinajstić information content (AvgIpc) is 2.30. The second kappa shape index (κ2) is 5.16. The van der Waals surface area contributed by atoms with Crippen LogP contribution in [0.25, 0.3) is 0 Å². The Morgan fingerprint density at radius 1 is 1.42 bits per heavy atom. The molecule has 0 fully saturated rings. The average molecular weight is 272 g/mol. The van der Waals surface area contributed by atoms with Gasteiger partial charge in [0.15, 0.2) is 0 Å². The first kappa shape index (κ1) is 14.1. The first-order valence-electron chi connectivity index (χ1n) is 4.77. The summed E-state index contributed by atoms with van der Waals surface area (Å²) in [6.07, 6.45) is -0.846. The summed E-state index contributed by atoms with van der Waals surface area (Å²) in [4.78, 5) is 30.1. The van der Waals surface area contributed by atoms with Crippen molar-refractivity contribution in [1.29, 1.82) is 0 Å². The number of hydrogen-bond acceptors (Lipinski definition) is 9. The van der Waals surface area contributed by atoms with Crippen LogP contribution >= 0.6 is 0 Å². The van der Waals surface area contributed by atoms with E-state index in [2.05, 4.69) is 15.4 Å². The molecule has 12 nitrogen and oxygen atoms in total. The predicted molar refractivity (Wildman–Crippen MR) is 56.8 cm³/mol. The Morgan fingerprint density at radius 3 is 2.42 bits per heavy atom. The summed E-state index contributed by atoms with van der Waals surface area (Å²) in [6, 6.07) is 0. The molecule has 1 heterocycles. The molecule has 0 saturated carbocycles. The van der Waals surface area contributed by atoms with E-state index in [0.717, 1.165) is 6.20 Å². The number of hydrogen-bond donors (Lipinski definition) is 2. The minimum absolute atomic E-state index is 0.409. The van der Waals surface area contributed by atoms with Gasteiger partial charge in [0.2, 0.25) is 5.69 Å². The number of carbonyl (C=O) groups is 1. The fraction of sp³-hybridized carbons (Fsp3) is 0.429. The zero-order chi connectivity index (χ0) is 14.6. The Kier molecular flexibility index (Phi) is 3.84. The lowest BCUT2D eigenvalue weighted by Crippen LogP contribution is -2.45. The Bertz CT molecular complexity index is 519. The maximum Gasteiger partial charge on any atom is 0.505 e. The third kappa shape index (κ3) is 2.51. The lowest BCUT2D eigenvalue weighted by molar-refractivity contribution is -0.812. The summed E-state index contributed by atoms with van der Waals surface area (Å²) in [5.41, 5.74) is 1.26. The molecule has 1 rings (SSSR count). The highest BCUT2D eigenvalue weighted by atomic mass is 16.7. The van der Waals surface area contributed by atoms with Gasteiger partial charge >= 0.3 is 11.6 Å². The van der Waals surface area contributed by atoms with E-state index in [0.29, 0.717) is 0 Å². The van der Waals surface area contributed by atoms with Crippen molar-refractivity contribution in [2.24, 2.45) is 0 Å². The van der Waals surface area contributed by atoms with Crippen LogP contribution in [0.1, 0.15) is 18.5 Å². The molecule has 0 spiro atoms. The molecule has 0 aliphatic rings. The van der Waals surface area contributed by atoms with Crippen molar-refractivity contribution < 1.29 is 19.7 Å². The first-order chi connectivity index (χ1) is 8.82. The molecule has 12 heteroatoms. The number of anilines is 1. The number of rotatable bonds is 6. The number of nitrogens with two attached hydrogens (primary N) is 1. The molecule has 0 aliphatic heterocycles. The van der Waals surface area contributed by atoms with E-state index in [4.69, 9.17) is 10.8 Å². The van der Waals surface area contributed by atoms with Gasteiger partial charge in [-0.3, -0.25) is 25.0 Å². The minimum Gasteiger partial charge on any atom is -0.481 e. The molecule has 0 aliphatic carbocycles.